The van der Waals surface area contributed by atoms with Crippen molar-refractivity contribution in [1.29, 1.82) is 0 Å². The molecule has 2 atom stereocenters. The molecule has 3 N–H and O–H groups in total. The number of amides is 2. The van der Waals surface area contributed by atoms with Gasteiger partial charge in [0.05, 0.1) is 11.4 Å². The zero-order valence-electron chi connectivity index (χ0n) is 19.9. The van der Waals surface area contributed by atoms with Crippen LogP contribution in [0, 0.1) is 17.7 Å². The van der Waals surface area contributed by atoms with Crippen LogP contribution in [0.5, 0.6) is 5.75 Å². The monoisotopic (exact) mass is 568 g/mol. The molecule has 0 radical (unpaired) electrons. The van der Waals surface area contributed by atoms with E-state index in [2.05, 4.69) is 14.5 Å². The number of amidine groups is 1. The molecule has 39 heavy (non-hydrogen) atoms. The Morgan fingerprint density at radius 2 is 1.90 bits per heavy atom. The third-order valence-electron chi connectivity index (χ3n) is 6.54. The number of rotatable bonds is 7. The van der Waals surface area contributed by atoms with E-state index in [1.54, 1.807) is 0 Å². The van der Waals surface area contributed by atoms with Crippen molar-refractivity contribution in [2.75, 3.05) is 16.8 Å². The van der Waals surface area contributed by atoms with E-state index in [1.165, 1.54) is 11.0 Å². The maximum absolute atomic E-state index is 14.0. The first-order valence-corrected chi connectivity index (χ1v) is 13.1. The van der Waals surface area contributed by atoms with Crippen LogP contribution >= 0.6 is 0 Å². The number of hydrogen-bond donors (Lipinski definition) is 2. The van der Waals surface area contributed by atoms with E-state index < -0.39 is 68.1 Å². The van der Waals surface area contributed by atoms with E-state index >= 15 is 0 Å². The summed E-state index contributed by atoms with van der Waals surface area (Å²) in [5.41, 5.74) is 4.65. The highest BCUT2D eigenvalue weighted by Gasteiger charge is 2.47. The van der Waals surface area contributed by atoms with Crippen LogP contribution in [0.2, 0.25) is 0 Å². The molecule has 5 rings (SSSR count). The predicted molar refractivity (Wildman–Crippen MR) is 128 cm³/mol. The molecule has 0 bridgehead atoms. The van der Waals surface area contributed by atoms with Crippen LogP contribution in [0.15, 0.2) is 45.7 Å². The lowest BCUT2D eigenvalue weighted by Crippen LogP contribution is -2.50. The Morgan fingerprint density at radius 3 is 2.54 bits per heavy atom. The number of nitrogens with two attached hydrogens (primary N) is 1. The molecule has 10 nitrogen and oxygen atoms in total. The molecule has 2 amide bonds. The summed E-state index contributed by atoms with van der Waals surface area (Å²) in [5, 5.41) is 2.60. The first-order chi connectivity index (χ1) is 18.3. The number of benzene rings is 2. The van der Waals surface area contributed by atoms with Crippen LogP contribution in [-0.2, 0) is 19.6 Å². The van der Waals surface area contributed by atoms with Gasteiger partial charge in [0.2, 0.25) is 5.91 Å². The van der Waals surface area contributed by atoms with Crippen molar-refractivity contribution in [2.24, 2.45) is 22.0 Å². The molecule has 0 spiro atoms. The molecular formula is C24H20F4N4O6S. The van der Waals surface area contributed by atoms with Gasteiger partial charge >= 0.3 is 6.18 Å². The second kappa shape index (κ2) is 9.32. The number of carbonyl (C=O) groups is 3. The highest BCUT2D eigenvalue weighted by atomic mass is 32.2. The summed E-state index contributed by atoms with van der Waals surface area (Å²) < 4.78 is 87.5. The van der Waals surface area contributed by atoms with Gasteiger partial charge in [-0.2, -0.15) is 21.6 Å². The van der Waals surface area contributed by atoms with E-state index in [0.717, 1.165) is 37.1 Å². The maximum atomic E-state index is 14.0. The van der Waals surface area contributed by atoms with Crippen molar-refractivity contribution >= 4 is 44.8 Å². The number of sulfonamides is 1. The highest BCUT2D eigenvalue weighted by molar-refractivity contribution is 7.90. The normalized spacial score (nSPS) is 20.9. The number of fused-ring (bicyclic) bond motifs is 2. The molecule has 2 aromatic carbocycles. The number of ether oxygens (including phenoxy) is 1. The average molecular weight is 569 g/mol. The van der Waals surface area contributed by atoms with Crippen LogP contribution < -0.4 is 20.7 Å². The fraction of sp³-hybridized carbons (Fsp3) is 0.333. The van der Waals surface area contributed by atoms with Gasteiger partial charge in [-0.15, -0.1) is 4.40 Å². The van der Waals surface area contributed by atoms with E-state index in [1.807, 2.05) is 0 Å². The molecule has 2 heterocycles. The Labute approximate surface area is 218 Å². The van der Waals surface area contributed by atoms with Gasteiger partial charge in [0.15, 0.2) is 11.7 Å². The number of anilines is 2. The summed E-state index contributed by atoms with van der Waals surface area (Å²) >= 11 is 0. The Bertz CT molecular complexity index is 1540. The van der Waals surface area contributed by atoms with Gasteiger partial charge in [-0.3, -0.25) is 14.4 Å². The fourth-order valence-electron chi connectivity index (χ4n) is 4.45. The van der Waals surface area contributed by atoms with Crippen LogP contribution in [0.4, 0.5) is 28.9 Å². The third kappa shape index (κ3) is 5.05. The molecule has 1 saturated carbocycles. The van der Waals surface area contributed by atoms with Gasteiger partial charge in [-0.25, -0.2) is 4.39 Å². The minimum absolute atomic E-state index is 0.114. The topological polar surface area (TPSA) is 148 Å². The second-order valence-electron chi connectivity index (χ2n) is 9.36. The lowest BCUT2D eigenvalue weighted by Gasteiger charge is -2.34. The van der Waals surface area contributed by atoms with Gasteiger partial charge in [0.25, 0.3) is 22.0 Å². The second-order valence-corrected chi connectivity index (χ2v) is 10.9. The standard InChI is InChI=1S/C24H20F4N4O6S/c25-12-3-6-16-14(9-12)19(33)18(23(35)32(16)8-7-11-1-2-11)22-30-15-5-4-13(10-17(15)39(36,37)31-22)38-20(21(29)34)24(26,27)28/h3-6,9-11,18,20H,1-2,7-8H2,(H2,29,34)(H,30,31). The molecule has 0 aromatic heterocycles. The number of carbonyl (C=O) groups excluding carboxylic acids is 3. The van der Waals surface area contributed by atoms with Crippen molar-refractivity contribution in [2.45, 2.75) is 36.4 Å². The zero-order chi connectivity index (χ0) is 28.3. The molecule has 0 saturated heterocycles. The smallest absolute Gasteiger partial charge is 0.434 e. The fourth-order valence-corrected chi connectivity index (χ4v) is 5.62. The van der Waals surface area contributed by atoms with Crippen LogP contribution in [0.3, 0.4) is 0 Å². The summed E-state index contributed by atoms with van der Waals surface area (Å²) in [5.74, 6) is -6.68. The van der Waals surface area contributed by atoms with Crippen molar-refractivity contribution < 1.29 is 45.1 Å². The summed E-state index contributed by atoms with van der Waals surface area (Å²) in [6.45, 7) is 0.226. The highest BCUT2D eigenvalue weighted by Crippen LogP contribution is 2.39. The quantitative estimate of drug-likeness (QED) is 0.386. The summed E-state index contributed by atoms with van der Waals surface area (Å²) in [4.78, 5) is 38.7. The van der Waals surface area contributed by atoms with Crippen molar-refractivity contribution in [3.05, 3.63) is 47.8 Å². The van der Waals surface area contributed by atoms with E-state index in [4.69, 9.17) is 5.73 Å². The molecule has 2 unspecified atom stereocenters. The van der Waals surface area contributed by atoms with E-state index in [-0.39, 0.29) is 23.5 Å². The molecule has 2 aliphatic heterocycles. The largest absolute Gasteiger partial charge is 0.471 e. The Hall–Kier alpha value is -4.01. The first-order valence-electron chi connectivity index (χ1n) is 11.7. The first kappa shape index (κ1) is 26.6. The van der Waals surface area contributed by atoms with Crippen LogP contribution in [0.1, 0.15) is 29.6 Å². The summed E-state index contributed by atoms with van der Waals surface area (Å²) in [6, 6.07) is 6.07. The lowest BCUT2D eigenvalue weighted by molar-refractivity contribution is -0.196. The van der Waals surface area contributed by atoms with Crippen molar-refractivity contribution in [1.82, 2.24) is 0 Å². The molecule has 3 aliphatic rings. The van der Waals surface area contributed by atoms with Crippen LogP contribution in [-0.4, -0.2) is 50.7 Å². The van der Waals surface area contributed by atoms with Gasteiger partial charge in [-0.05, 0) is 42.7 Å². The summed E-state index contributed by atoms with van der Waals surface area (Å²) in [6.07, 6.45) is -5.56. The third-order valence-corrected chi connectivity index (χ3v) is 7.87. The molecular weight excluding hydrogens is 548 g/mol. The van der Waals surface area contributed by atoms with Gasteiger partial charge in [0.1, 0.15) is 22.3 Å². The summed E-state index contributed by atoms with van der Waals surface area (Å²) in [7, 11) is -4.67. The number of nitrogens with one attached hydrogen (secondary N) is 1. The van der Waals surface area contributed by atoms with Crippen molar-refractivity contribution in [3.63, 3.8) is 0 Å². The molecule has 206 valence electrons. The maximum Gasteiger partial charge on any atom is 0.434 e. The lowest BCUT2D eigenvalue weighted by atomic mass is 9.88. The number of ketones is 1. The Balaban J connectivity index is 1.49. The van der Waals surface area contributed by atoms with Gasteiger partial charge in [0, 0.05) is 18.2 Å². The van der Waals surface area contributed by atoms with Crippen LogP contribution in [0.25, 0.3) is 0 Å². The number of hydrogen-bond acceptors (Lipinski definition) is 7. The number of Topliss-reactive ketones (excluding diaryl/α,β-unsaturated/α-hetero) is 1. The van der Waals surface area contributed by atoms with Crippen molar-refractivity contribution in [3.8, 4) is 5.75 Å². The minimum atomic E-state index is -5.16. The molecule has 1 aliphatic carbocycles. The molecule has 1 fully saturated rings. The SMILES string of the molecule is NC(=O)C(Oc1ccc2c(c1)S(=O)(=O)N=C(C1C(=O)c3cc(F)ccc3N(CCC3CC3)C1=O)N2)C(F)(F)F. The number of nitrogens with zero attached hydrogens (tertiary/aromatic N) is 2. The number of alkyl halides is 3. The molecule has 15 heteroatoms. The Morgan fingerprint density at radius 1 is 1.18 bits per heavy atom. The van der Waals surface area contributed by atoms with Gasteiger partial charge < -0.3 is 20.7 Å². The zero-order valence-corrected chi connectivity index (χ0v) is 20.7. The Kier molecular flexibility index (Phi) is 6.36. The molecule has 2 aromatic rings. The average Bonchev–Trinajstić information content (AvgIpc) is 3.66. The minimum Gasteiger partial charge on any atom is -0.471 e. The van der Waals surface area contributed by atoms with Gasteiger partial charge in [-0.1, -0.05) is 12.8 Å². The predicted octanol–water partition coefficient (Wildman–Crippen LogP) is 2.78. The number of halogens is 4. The number of primary amides is 1. The van der Waals surface area contributed by atoms with E-state index in [9.17, 15) is 40.4 Å². The van der Waals surface area contributed by atoms with E-state index in [0.29, 0.717) is 18.4 Å².